The number of hydrogen-bond donors (Lipinski definition) is 1. The highest BCUT2D eigenvalue weighted by molar-refractivity contribution is 5.76. The van der Waals surface area contributed by atoms with Crippen molar-refractivity contribution in [3.05, 3.63) is 0 Å². The Labute approximate surface area is 123 Å². The molecule has 0 rings (SSSR count). The third kappa shape index (κ3) is 106. The van der Waals surface area contributed by atoms with E-state index in [1.807, 2.05) is 20.8 Å². The zero-order valence-corrected chi connectivity index (χ0v) is 10.4. The minimum Gasteiger partial charge on any atom is -0.330 e. The number of nitriles is 1. The van der Waals surface area contributed by atoms with Crippen molar-refractivity contribution in [2.75, 3.05) is 6.54 Å². The molecule has 0 spiro atoms. The van der Waals surface area contributed by atoms with Gasteiger partial charge in [0.25, 0.3) is 0 Å². The van der Waals surface area contributed by atoms with Crippen molar-refractivity contribution in [2.45, 2.75) is 71.2 Å². The molecule has 0 fully saturated rings. The third-order valence-electron chi connectivity index (χ3n) is 0.948. The standard InChI is InChI=1S/C5H13N.C5H9N.4CH4.2B/c2*1-5(2,3)4-6;;;;;;/h4,6H2,1-3H3;1-3H3;4*1H4;;. The predicted octanol–water partition coefficient (Wildman–Crippen LogP) is 4.33. The van der Waals surface area contributed by atoms with E-state index in [1.54, 1.807) is 0 Å². The molecule has 0 amide bonds. The second-order valence-electron chi connectivity index (χ2n) is 5.13. The van der Waals surface area contributed by atoms with Crippen LogP contribution >= 0.6 is 0 Å². The van der Waals surface area contributed by atoms with Gasteiger partial charge in [-0.05, 0) is 32.7 Å². The zero-order valence-electron chi connectivity index (χ0n) is 10.4. The third-order valence-corrected chi connectivity index (χ3v) is 0.948. The van der Waals surface area contributed by atoms with Gasteiger partial charge in [0.2, 0.25) is 0 Å². The van der Waals surface area contributed by atoms with E-state index in [1.165, 1.54) is 0 Å². The average molecular weight is 256 g/mol. The van der Waals surface area contributed by atoms with Crippen molar-refractivity contribution < 1.29 is 0 Å². The van der Waals surface area contributed by atoms with Crippen LogP contribution in [-0.2, 0) is 0 Å². The summed E-state index contributed by atoms with van der Waals surface area (Å²) in [5, 5.41) is 8.15. The van der Waals surface area contributed by atoms with Crippen LogP contribution in [0, 0.1) is 22.2 Å². The summed E-state index contributed by atoms with van der Waals surface area (Å²) in [5.74, 6) is 0. The van der Waals surface area contributed by atoms with Gasteiger partial charge in [0, 0.05) is 22.2 Å². The summed E-state index contributed by atoms with van der Waals surface area (Å²) < 4.78 is 0. The van der Waals surface area contributed by atoms with Gasteiger partial charge in [0.15, 0.2) is 0 Å². The largest absolute Gasteiger partial charge is 0.330 e. The molecule has 0 saturated carbocycles. The molecule has 2 N–H and O–H groups in total. The Balaban J connectivity index is -0.0000000139. The second-order valence-corrected chi connectivity index (χ2v) is 5.13. The molecule has 0 bridgehead atoms. The fourth-order valence-corrected chi connectivity index (χ4v) is 0. The minimum absolute atomic E-state index is 0. The van der Waals surface area contributed by atoms with Gasteiger partial charge in [-0.1, -0.05) is 50.5 Å². The molecule has 0 saturated heterocycles. The van der Waals surface area contributed by atoms with Gasteiger partial charge in [-0.25, -0.2) is 0 Å². The molecule has 0 aliphatic rings. The molecule has 0 aliphatic heterocycles. The van der Waals surface area contributed by atoms with Crippen LogP contribution in [-0.4, -0.2) is 23.4 Å². The molecule has 0 unspecified atom stereocenters. The summed E-state index contributed by atoms with van der Waals surface area (Å²) in [5.41, 5.74) is 5.47. The molecule has 0 aliphatic carbocycles. The van der Waals surface area contributed by atoms with Gasteiger partial charge in [0.1, 0.15) is 0 Å². The zero-order chi connectivity index (χ0) is 10.4. The van der Waals surface area contributed by atoms with Crippen molar-refractivity contribution in [1.82, 2.24) is 0 Å². The Morgan fingerprint density at radius 1 is 0.833 bits per heavy atom. The summed E-state index contributed by atoms with van der Waals surface area (Å²) in [6, 6.07) is 2.10. The average Bonchev–Trinajstić information content (AvgIpc) is 1.86. The lowest BCUT2D eigenvalue weighted by atomic mass is 9.98. The Kier molecular flexibility index (Phi) is 63.8. The lowest BCUT2D eigenvalue weighted by Gasteiger charge is -2.12. The van der Waals surface area contributed by atoms with E-state index in [0.717, 1.165) is 6.54 Å². The Morgan fingerprint density at radius 3 is 0.944 bits per heavy atom. The molecule has 0 heterocycles. The van der Waals surface area contributed by atoms with Gasteiger partial charge < -0.3 is 5.73 Å². The lowest BCUT2D eigenvalue weighted by molar-refractivity contribution is 0.428. The maximum atomic E-state index is 8.15. The Bertz CT molecular complexity index is 151. The van der Waals surface area contributed by atoms with Gasteiger partial charge in [-0.15, -0.1) is 0 Å². The van der Waals surface area contributed by atoms with Crippen LogP contribution in [0.4, 0.5) is 0 Å². The number of hydrogen-bond acceptors (Lipinski definition) is 2. The van der Waals surface area contributed by atoms with Crippen molar-refractivity contribution >= 4 is 16.8 Å². The molecule has 0 atom stereocenters. The van der Waals surface area contributed by atoms with Crippen LogP contribution in [0.15, 0.2) is 0 Å². The molecule has 110 valence electrons. The topological polar surface area (TPSA) is 49.8 Å². The summed E-state index contributed by atoms with van der Waals surface area (Å²) in [6.45, 7) is 12.8. The van der Waals surface area contributed by atoms with Crippen molar-refractivity contribution in [1.29, 1.82) is 5.26 Å². The summed E-state index contributed by atoms with van der Waals surface area (Å²) >= 11 is 0. The molecule has 18 heavy (non-hydrogen) atoms. The maximum Gasteiger partial charge on any atom is 0.0680 e. The van der Waals surface area contributed by atoms with Gasteiger partial charge in [0.05, 0.1) is 6.07 Å². The fourth-order valence-electron chi connectivity index (χ4n) is 0. The van der Waals surface area contributed by atoms with Crippen molar-refractivity contribution in [3.63, 3.8) is 0 Å². The summed E-state index contributed by atoms with van der Waals surface area (Å²) in [6.07, 6.45) is 0. The van der Waals surface area contributed by atoms with E-state index in [9.17, 15) is 0 Å². The SMILES string of the molecule is C.C.C.C.CC(C)(C)C#N.CC(C)(C)CN.[B].[B]. The molecule has 0 aromatic heterocycles. The smallest absolute Gasteiger partial charge is 0.0680 e. The minimum atomic E-state index is -0.153. The van der Waals surface area contributed by atoms with E-state index < -0.39 is 0 Å². The Hall–Kier alpha value is -0.420. The highest BCUT2D eigenvalue weighted by atomic mass is 14.6. The first kappa shape index (κ1) is 52.7. The first-order valence-corrected chi connectivity index (χ1v) is 4.24. The van der Waals surface area contributed by atoms with Crippen LogP contribution < -0.4 is 5.73 Å². The number of nitrogens with two attached hydrogens (primary N) is 1. The van der Waals surface area contributed by atoms with Crippen LogP contribution in [0.5, 0.6) is 0 Å². The fraction of sp³-hybridized carbons (Fsp3) is 0.929. The molecule has 4 heteroatoms. The van der Waals surface area contributed by atoms with Crippen LogP contribution in [0.1, 0.15) is 71.2 Å². The van der Waals surface area contributed by atoms with Crippen LogP contribution in [0.3, 0.4) is 0 Å². The van der Waals surface area contributed by atoms with Crippen molar-refractivity contribution in [3.8, 4) is 6.07 Å². The molecule has 6 radical (unpaired) electrons. The second kappa shape index (κ2) is 21.8. The van der Waals surface area contributed by atoms with E-state index in [0.29, 0.717) is 5.41 Å². The van der Waals surface area contributed by atoms with Gasteiger partial charge >= 0.3 is 0 Å². The normalized spacial score (nSPS) is 7.44. The van der Waals surface area contributed by atoms with E-state index in [2.05, 4.69) is 26.8 Å². The lowest BCUT2D eigenvalue weighted by Crippen LogP contribution is -2.18. The quantitative estimate of drug-likeness (QED) is 0.655. The van der Waals surface area contributed by atoms with Crippen molar-refractivity contribution in [2.24, 2.45) is 16.6 Å². The first-order valence-electron chi connectivity index (χ1n) is 4.24. The van der Waals surface area contributed by atoms with E-state index in [4.69, 9.17) is 11.0 Å². The highest BCUT2D eigenvalue weighted by Crippen LogP contribution is 2.08. The summed E-state index contributed by atoms with van der Waals surface area (Å²) in [4.78, 5) is 0. The molecular formula is C14H38B2N2. The molecular weight excluding hydrogens is 218 g/mol. The Morgan fingerprint density at radius 2 is 0.944 bits per heavy atom. The van der Waals surface area contributed by atoms with Crippen LogP contribution in [0.2, 0.25) is 0 Å². The molecule has 0 aromatic rings. The predicted molar refractivity (Wildman–Crippen MR) is 92.0 cm³/mol. The van der Waals surface area contributed by atoms with Crippen LogP contribution in [0.25, 0.3) is 0 Å². The molecule has 2 nitrogen and oxygen atoms in total. The number of nitrogens with zero attached hydrogens (tertiary/aromatic N) is 1. The maximum absolute atomic E-state index is 8.15. The first-order chi connectivity index (χ1) is 5.12. The monoisotopic (exact) mass is 256 g/mol. The van der Waals surface area contributed by atoms with E-state index >= 15 is 0 Å². The van der Waals surface area contributed by atoms with Gasteiger partial charge in [-0.2, -0.15) is 5.26 Å². The van der Waals surface area contributed by atoms with Gasteiger partial charge in [-0.3, -0.25) is 0 Å². The van der Waals surface area contributed by atoms with E-state index in [-0.39, 0.29) is 51.9 Å². The molecule has 0 aromatic carbocycles. The highest BCUT2D eigenvalue weighted by Gasteiger charge is 2.04. The summed E-state index contributed by atoms with van der Waals surface area (Å²) in [7, 11) is 0. The number of rotatable bonds is 0.